The lowest BCUT2D eigenvalue weighted by atomic mass is 9.68. The third kappa shape index (κ3) is 63.3. The number of rotatable bonds is 37. The molecular weight excluding hydrogens is 1460 g/mol. The van der Waals surface area contributed by atoms with Gasteiger partial charge in [-0.2, -0.15) is 0 Å². The van der Waals surface area contributed by atoms with Crippen molar-refractivity contribution in [2.24, 2.45) is 98.6 Å². The highest BCUT2D eigenvalue weighted by Gasteiger charge is 2.36. The highest BCUT2D eigenvalue weighted by molar-refractivity contribution is 5.10. The smallest absolute Gasteiger partial charge is 0.0571 e. The second-order valence-electron chi connectivity index (χ2n) is 40.0. The molecule has 0 radical (unpaired) electrons. The normalized spacial score (nSPS) is 23.6. The van der Waals surface area contributed by atoms with Crippen LogP contribution in [0.15, 0.2) is 12.2 Å². The number of ether oxygens (including phenoxy) is 11. The first-order valence-electron chi connectivity index (χ1n) is 51.6. The van der Waals surface area contributed by atoms with Gasteiger partial charge in [0.25, 0.3) is 0 Å². The fourth-order valence-corrected chi connectivity index (χ4v) is 18.5. The van der Waals surface area contributed by atoms with Gasteiger partial charge in [-0.05, 0) is 310 Å². The van der Waals surface area contributed by atoms with E-state index in [0.717, 1.165) is 190 Å². The van der Waals surface area contributed by atoms with Crippen molar-refractivity contribution in [2.75, 3.05) is 133 Å². The minimum Gasteiger partial charge on any atom is -0.381 e. The molecule has 8 atom stereocenters. The van der Waals surface area contributed by atoms with E-state index in [9.17, 15) is 0 Å². The average Bonchev–Trinajstić information content (AvgIpc) is 1.64. The van der Waals surface area contributed by atoms with Crippen LogP contribution in [0.2, 0.25) is 0 Å². The van der Waals surface area contributed by atoms with E-state index in [-0.39, 0.29) is 0 Å². The molecule has 0 heterocycles. The monoisotopic (exact) mass is 1680 g/mol. The second-order valence-corrected chi connectivity index (χ2v) is 40.0. The lowest BCUT2D eigenvalue weighted by molar-refractivity contribution is 0.0421. The van der Waals surface area contributed by atoms with Gasteiger partial charge in [-0.25, -0.2) is 0 Å². The Morgan fingerprint density at radius 3 is 1.02 bits per heavy atom. The maximum atomic E-state index is 5.55. The third-order valence-electron chi connectivity index (χ3n) is 28.4. The van der Waals surface area contributed by atoms with Gasteiger partial charge in [0, 0.05) is 107 Å². The summed E-state index contributed by atoms with van der Waals surface area (Å²) in [6, 6.07) is 0. The number of fused-ring (bicyclic) bond motifs is 3. The molecule has 0 aliphatic heterocycles. The summed E-state index contributed by atoms with van der Waals surface area (Å²) in [6.07, 6.45) is 63.7. The lowest BCUT2D eigenvalue weighted by Crippen LogP contribution is -2.29. The zero-order valence-corrected chi connectivity index (χ0v) is 85.0. The van der Waals surface area contributed by atoms with Gasteiger partial charge in [-0.1, -0.05) is 238 Å². The molecule has 0 aromatic heterocycles. The molecule has 11 nitrogen and oxygen atoms in total. The van der Waals surface area contributed by atoms with Gasteiger partial charge in [-0.15, -0.1) is 0 Å². The van der Waals surface area contributed by atoms with Crippen LogP contribution in [0, 0.1) is 98.6 Å². The number of methoxy groups -OCH3 is 2. The Bertz CT molecular complexity index is 2040. The third-order valence-corrected chi connectivity index (χ3v) is 28.4. The van der Waals surface area contributed by atoms with E-state index in [2.05, 4.69) is 158 Å². The van der Waals surface area contributed by atoms with Crippen molar-refractivity contribution in [1.82, 2.24) is 0 Å². The van der Waals surface area contributed by atoms with Crippen LogP contribution in [-0.4, -0.2) is 145 Å². The SMILES string of the molecule is CCOCC(C)(C)C.CCOCC(C)(C)CC.CCOCC(C)(CC)CC.CCOCC(C)C.CCOCC(CC)(CC)CC.CCOCC1CC2C=CC1C2.CCOCC1CCC(C2CCCCC2)CC1.CCOCC1CCC2CCCCC2C1.CCOCC1CCCC1.COC(C)C1CCCCCC1.COC(C)C1CCCCCCC1. The van der Waals surface area contributed by atoms with Crippen LogP contribution in [-0.2, 0) is 52.1 Å². The highest BCUT2D eigenvalue weighted by Crippen LogP contribution is 2.45. The Balaban J connectivity index is 0. The Labute approximate surface area is 740 Å². The van der Waals surface area contributed by atoms with Crippen LogP contribution in [0.4, 0.5) is 0 Å². The van der Waals surface area contributed by atoms with Crippen molar-refractivity contribution in [3.63, 3.8) is 0 Å². The van der Waals surface area contributed by atoms with E-state index in [1.807, 2.05) is 41.9 Å². The van der Waals surface area contributed by atoms with Crippen LogP contribution >= 0.6 is 0 Å². The second kappa shape index (κ2) is 78.5. The molecule has 8 fully saturated rings. The summed E-state index contributed by atoms with van der Waals surface area (Å²) in [5.74, 6) is 11.9. The molecule has 11 heteroatoms. The van der Waals surface area contributed by atoms with E-state index in [1.165, 1.54) is 263 Å². The summed E-state index contributed by atoms with van der Waals surface area (Å²) >= 11 is 0. The summed E-state index contributed by atoms with van der Waals surface area (Å²) < 4.78 is 59.0. The summed E-state index contributed by atoms with van der Waals surface area (Å²) in [7, 11) is 3.67. The Morgan fingerprint density at radius 1 is 0.297 bits per heavy atom. The maximum Gasteiger partial charge on any atom is 0.0571 e. The fourth-order valence-electron chi connectivity index (χ4n) is 18.5. The molecule has 9 aliphatic rings. The zero-order valence-electron chi connectivity index (χ0n) is 85.0. The molecule has 0 spiro atoms. The van der Waals surface area contributed by atoms with Crippen molar-refractivity contribution in [3.8, 4) is 0 Å². The van der Waals surface area contributed by atoms with Gasteiger partial charge < -0.3 is 52.1 Å². The van der Waals surface area contributed by atoms with Gasteiger partial charge in [-0.3, -0.25) is 0 Å². The fraction of sp³-hybridized carbons (Fsp3) is 0.981. The molecule has 0 aromatic rings. The van der Waals surface area contributed by atoms with Gasteiger partial charge in [0.2, 0.25) is 0 Å². The molecule has 8 saturated carbocycles. The van der Waals surface area contributed by atoms with E-state index in [0.29, 0.717) is 39.8 Å². The standard InChI is InChI=1S/C15H28O.C13H24O.C11H22O.C10H16O.C10H20O.C10H22O.C9H20O.C8H16O.C8H18O.C7H16O.C6H14O/c1-2-16-12-13-8-10-15(11-9-13)14-6-4-3-5-7-14;1-2-14-10-11-7-8-12-5-3-4-6-13(12)9-11;1-10(12-2)11-8-6-4-3-5-7-9-11;1-2-11-7-10-6-8-3-4-9(10)5-8;1-9(11-2)10-7-5-3-4-6-8-10;1-5-10(6-2,7-3)9-11-8-4;1-5-9(4,6-2)8-10-7-3;1-2-9-7-8-5-3-4-6-8;1-5-8(3,4)7-9-6-2;1-5-8-6-7(2,3)4;1-4-7-5-6(2)3/h13-15H,2-12H2,1H3;11-13H,2-10H2,1H3;10-11H,3-9H2,1-2H3;3-4,8-10H,2,5-7H2,1H3;9-10H,3-8H2,1-2H3;5-9H2,1-4H3;5-8H2,1-4H3;8H,2-7H2,1H3;5-7H2,1-4H3;5-6H2,1-4H3;6H,4-5H2,1-3H3. The van der Waals surface area contributed by atoms with Crippen molar-refractivity contribution in [2.45, 2.75) is 449 Å². The van der Waals surface area contributed by atoms with E-state index in [4.69, 9.17) is 52.1 Å². The predicted octanol–water partition coefficient (Wildman–Crippen LogP) is 31.2. The molecule has 9 aliphatic carbocycles. The lowest BCUT2D eigenvalue weighted by Gasteiger charge is -2.39. The first kappa shape index (κ1) is 119. The number of hydrogen-bond donors (Lipinski definition) is 0. The van der Waals surface area contributed by atoms with Gasteiger partial charge in [0.15, 0.2) is 0 Å². The average molecular weight is 1680 g/mol. The van der Waals surface area contributed by atoms with Crippen LogP contribution < -0.4 is 0 Å². The molecule has 2 bridgehead atoms. The van der Waals surface area contributed by atoms with Gasteiger partial charge in [0.05, 0.1) is 38.6 Å². The van der Waals surface area contributed by atoms with Crippen LogP contribution in [0.1, 0.15) is 436 Å². The Hall–Kier alpha value is -0.700. The molecule has 0 aromatic carbocycles. The number of hydrogen-bond acceptors (Lipinski definition) is 11. The molecule has 8 unspecified atom stereocenters. The largest absolute Gasteiger partial charge is 0.381 e. The van der Waals surface area contributed by atoms with E-state index < -0.39 is 0 Å². The summed E-state index contributed by atoms with van der Waals surface area (Å²) in [5, 5.41) is 0. The minimum absolute atomic E-state index is 0.329. The summed E-state index contributed by atoms with van der Waals surface area (Å²) in [5.41, 5.74) is 1.57. The van der Waals surface area contributed by atoms with Gasteiger partial charge in [0.1, 0.15) is 0 Å². The van der Waals surface area contributed by atoms with Crippen molar-refractivity contribution >= 4 is 0 Å². The molecule has 0 N–H and O–H groups in total. The molecule has 118 heavy (non-hydrogen) atoms. The van der Waals surface area contributed by atoms with Crippen LogP contribution in [0.5, 0.6) is 0 Å². The quantitative estimate of drug-likeness (QED) is 0.0439. The van der Waals surface area contributed by atoms with Crippen molar-refractivity contribution < 1.29 is 52.1 Å². The first-order chi connectivity index (χ1) is 56.7. The van der Waals surface area contributed by atoms with Crippen LogP contribution in [0.3, 0.4) is 0 Å². The Kier molecular flexibility index (Phi) is 79.4. The zero-order chi connectivity index (χ0) is 88.6. The molecule has 9 rings (SSSR count). The number of allylic oxidation sites excluding steroid dienone is 2. The topological polar surface area (TPSA) is 102 Å². The molecule has 0 saturated heterocycles. The van der Waals surface area contributed by atoms with Crippen LogP contribution in [0.25, 0.3) is 0 Å². The van der Waals surface area contributed by atoms with E-state index in [1.54, 1.807) is 0 Å². The predicted molar refractivity (Wildman–Crippen MR) is 514 cm³/mol. The maximum absolute atomic E-state index is 5.55. The van der Waals surface area contributed by atoms with Crippen molar-refractivity contribution in [3.05, 3.63) is 12.2 Å². The molecule has 710 valence electrons. The Morgan fingerprint density at radius 2 is 0.644 bits per heavy atom. The van der Waals surface area contributed by atoms with Crippen molar-refractivity contribution in [1.29, 1.82) is 0 Å². The highest BCUT2D eigenvalue weighted by atomic mass is 16.5. The first-order valence-corrected chi connectivity index (χ1v) is 51.6. The summed E-state index contributed by atoms with van der Waals surface area (Å²) in [6.45, 7) is 70.2. The molecular formula is C107H216O11. The minimum atomic E-state index is 0.329. The molecule has 0 amide bonds. The van der Waals surface area contributed by atoms with Gasteiger partial charge >= 0.3 is 0 Å². The van der Waals surface area contributed by atoms with E-state index >= 15 is 0 Å². The summed E-state index contributed by atoms with van der Waals surface area (Å²) in [4.78, 5) is 0.